The van der Waals surface area contributed by atoms with Gasteiger partial charge in [0, 0.05) is 19.3 Å². The summed E-state index contributed by atoms with van der Waals surface area (Å²) in [5.74, 6) is 3.10. The molecule has 0 aliphatic rings. The molecule has 0 saturated heterocycles. The molecule has 0 spiro atoms. The molecule has 0 bridgehead atoms. The van der Waals surface area contributed by atoms with Crippen molar-refractivity contribution in [1.82, 2.24) is 14.8 Å². The molecule has 0 aliphatic carbocycles. The number of pyridine rings is 1. The number of aromatic nitrogens is 3. The van der Waals surface area contributed by atoms with Crippen LogP contribution in [0.3, 0.4) is 0 Å². The van der Waals surface area contributed by atoms with E-state index in [1.54, 1.807) is 17.9 Å². The predicted octanol–water partition coefficient (Wildman–Crippen LogP) is 1.68. The largest absolute Gasteiger partial charge is 0.335 e. The van der Waals surface area contributed by atoms with Crippen LogP contribution in [0, 0.1) is 11.6 Å². The van der Waals surface area contributed by atoms with E-state index in [2.05, 4.69) is 20.8 Å². The first kappa shape index (κ1) is 13.2. The average molecular weight is 268 g/mol. The molecule has 102 valence electrons. The summed E-state index contributed by atoms with van der Waals surface area (Å²) in [6.07, 6.45) is 2.37. The smallest absolute Gasteiger partial charge is 0.178 e. The summed E-state index contributed by atoms with van der Waals surface area (Å²) in [6, 6.07) is 0.715. The number of hydrazine groups is 1. The van der Waals surface area contributed by atoms with Crippen molar-refractivity contribution in [1.29, 1.82) is 0 Å². The highest BCUT2D eigenvalue weighted by atomic mass is 19.1. The number of nitrogens with zero attached hydrogens (tertiary/aromatic N) is 3. The second-order valence-electron chi connectivity index (χ2n) is 3.94. The summed E-state index contributed by atoms with van der Waals surface area (Å²) < 4.78 is 28.5. The predicted molar refractivity (Wildman–Crippen MR) is 67.8 cm³/mol. The number of rotatable bonds is 4. The van der Waals surface area contributed by atoms with Gasteiger partial charge in [0.25, 0.3) is 0 Å². The molecule has 0 amide bonds. The summed E-state index contributed by atoms with van der Waals surface area (Å²) in [5, 5.41) is 6.99. The zero-order chi connectivity index (χ0) is 14.0. The molecule has 6 nitrogen and oxygen atoms in total. The maximum Gasteiger partial charge on any atom is 0.178 e. The van der Waals surface area contributed by atoms with Crippen LogP contribution in [-0.2, 0) is 13.5 Å². The zero-order valence-electron chi connectivity index (χ0n) is 10.5. The quantitative estimate of drug-likeness (QED) is 0.580. The summed E-state index contributed by atoms with van der Waals surface area (Å²) in [5.41, 5.74) is 3.45. The zero-order valence-corrected chi connectivity index (χ0v) is 10.5. The lowest BCUT2D eigenvalue weighted by Crippen LogP contribution is -2.12. The van der Waals surface area contributed by atoms with Crippen molar-refractivity contribution >= 4 is 17.3 Å². The van der Waals surface area contributed by atoms with Gasteiger partial charge in [-0.15, -0.1) is 0 Å². The minimum Gasteiger partial charge on any atom is -0.335 e. The maximum atomic E-state index is 13.6. The SMILES string of the molecule is CCc1nn(C)cc1Nc1nc(NN)c(F)cc1F. The van der Waals surface area contributed by atoms with Crippen LogP contribution in [0.1, 0.15) is 12.6 Å². The Labute approximate surface area is 108 Å². The fourth-order valence-corrected chi connectivity index (χ4v) is 1.68. The van der Waals surface area contributed by atoms with Gasteiger partial charge in [-0.3, -0.25) is 4.68 Å². The highest BCUT2D eigenvalue weighted by Gasteiger charge is 2.14. The number of anilines is 3. The first-order valence-corrected chi connectivity index (χ1v) is 5.67. The molecule has 0 radical (unpaired) electrons. The second kappa shape index (κ2) is 5.19. The lowest BCUT2D eigenvalue weighted by molar-refractivity contribution is 0.579. The normalized spacial score (nSPS) is 10.6. The van der Waals surface area contributed by atoms with Crippen LogP contribution in [0.25, 0.3) is 0 Å². The van der Waals surface area contributed by atoms with Gasteiger partial charge in [-0.25, -0.2) is 19.6 Å². The number of nitrogens with two attached hydrogens (primary N) is 1. The van der Waals surface area contributed by atoms with Crippen molar-refractivity contribution in [2.45, 2.75) is 13.3 Å². The van der Waals surface area contributed by atoms with E-state index in [-0.39, 0.29) is 11.6 Å². The third-order valence-corrected chi connectivity index (χ3v) is 2.56. The number of halogens is 2. The maximum absolute atomic E-state index is 13.6. The summed E-state index contributed by atoms with van der Waals surface area (Å²) >= 11 is 0. The summed E-state index contributed by atoms with van der Waals surface area (Å²) in [7, 11) is 1.76. The Morgan fingerprint density at radius 2 is 2.00 bits per heavy atom. The molecule has 0 atom stereocenters. The Hall–Kier alpha value is -2.22. The van der Waals surface area contributed by atoms with Gasteiger partial charge in [0.2, 0.25) is 0 Å². The third kappa shape index (κ3) is 2.63. The van der Waals surface area contributed by atoms with Crippen LogP contribution in [0.4, 0.5) is 26.1 Å². The topological polar surface area (TPSA) is 80.8 Å². The monoisotopic (exact) mass is 268 g/mol. The number of aryl methyl sites for hydroxylation is 2. The lowest BCUT2D eigenvalue weighted by Gasteiger charge is -2.08. The van der Waals surface area contributed by atoms with Crippen molar-refractivity contribution in [3.63, 3.8) is 0 Å². The van der Waals surface area contributed by atoms with Gasteiger partial charge in [0.15, 0.2) is 23.3 Å². The van der Waals surface area contributed by atoms with E-state index < -0.39 is 11.6 Å². The van der Waals surface area contributed by atoms with E-state index in [4.69, 9.17) is 5.84 Å². The van der Waals surface area contributed by atoms with E-state index in [0.29, 0.717) is 18.2 Å². The van der Waals surface area contributed by atoms with Crippen LogP contribution < -0.4 is 16.6 Å². The van der Waals surface area contributed by atoms with Gasteiger partial charge in [-0.05, 0) is 6.42 Å². The third-order valence-electron chi connectivity index (χ3n) is 2.56. The number of nitrogens with one attached hydrogen (secondary N) is 2. The molecule has 2 aromatic rings. The minimum absolute atomic E-state index is 0.114. The molecule has 2 aromatic heterocycles. The molecular weight excluding hydrogens is 254 g/mol. The van der Waals surface area contributed by atoms with E-state index in [0.717, 1.165) is 5.69 Å². The first-order valence-electron chi connectivity index (χ1n) is 5.67. The van der Waals surface area contributed by atoms with Crippen molar-refractivity contribution in [3.8, 4) is 0 Å². The Morgan fingerprint density at radius 3 is 2.63 bits per heavy atom. The van der Waals surface area contributed by atoms with Crippen LogP contribution in [0.15, 0.2) is 12.3 Å². The van der Waals surface area contributed by atoms with Crippen molar-refractivity contribution in [3.05, 3.63) is 29.6 Å². The number of hydrogen-bond donors (Lipinski definition) is 3. The summed E-state index contributed by atoms with van der Waals surface area (Å²) in [6.45, 7) is 1.93. The Bertz CT molecular complexity index is 595. The van der Waals surface area contributed by atoms with Gasteiger partial charge < -0.3 is 10.7 Å². The standard InChI is InChI=1S/C11H14F2N6/c1-3-8-9(5-19(2)18-8)15-10-6(12)4-7(13)11(16-10)17-14/h4-5H,3,14H2,1-2H3,(H2,15,16,17). The van der Waals surface area contributed by atoms with Crippen molar-refractivity contribution in [2.75, 3.05) is 10.7 Å². The molecule has 8 heteroatoms. The molecule has 2 heterocycles. The Balaban J connectivity index is 2.37. The second-order valence-corrected chi connectivity index (χ2v) is 3.94. The molecule has 0 saturated carbocycles. The molecule has 0 aromatic carbocycles. The van der Waals surface area contributed by atoms with Crippen molar-refractivity contribution < 1.29 is 8.78 Å². The van der Waals surface area contributed by atoms with Gasteiger partial charge in [-0.2, -0.15) is 5.10 Å². The fraction of sp³-hybridized carbons (Fsp3) is 0.273. The van der Waals surface area contributed by atoms with Crippen LogP contribution >= 0.6 is 0 Å². The van der Waals surface area contributed by atoms with Crippen LogP contribution in [0.2, 0.25) is 0 Å². The molecular formula is C11H14F2N6. The highest BCUT2D eigenvalue weighted by molar-refractivity contribution is 5.60. The lowest BCUT2D eigenvalue weighted by atomic mass is 10.3. The van der Waals surface area contributed by atoms with Crippen molar-refractivity contribution in [2.24, 2.45) is 12.9 Å². The number of hydrogen-bond acceptors (Lipinski definition) is 5. The van der Waals surface area contributed by atoms with E-state index in [1.807, 2.05) is 6.92 Å². The molecule has 0 fully saturated rings. The molecule has 2 rings (SSSR count). The van der Waals surface area contributed by atoms with Crippen LogP contribution in [-0.4, -0.2) is 14.8 Å². The highest BCUT2D eigenvalue weighted by Crippen LogP contribution is 2.24. The fourth-order valence-electron chi connectivity index (χ4n) is 1.68. The van der Waals surface area contributed by atoms with Gasteiger partial charge in [0.05, 0.1) is 11.4 Å². The van der Waals surface area contributed by atoms with Gasteiger partial charge >= 0.3 is 0 Å². The number of nitrogen functional groups attached to an aromatic ring is 1. The first-order chi connectivity index (χ1) is 9.05. The van der Waals surface area contributed by atoms with E-state index >= 15 is 0 Å². The summed E-state index contributed by atoms with van der Waals surface area (Å²) in [4.78, 5) is 3.74. The Morgan fingerprint density at radius 1 is 1.32 bits per heavy atom. The van der Waals surface area contributed by atoms with Crippen LogP contribution in [0.5, 0.6) is 0 Å². The van der Waals surface area contributed by atoms with E-state index in [1.165, 1.54) is 0 Å². The van der Waals surface area contributed by atoms with Gasteiger partial charge in [-0.1, -0.05) is 6.92 Å². The van der Waals surface area contributed by atoms with E-state index in [9.17, 15) is 8.78 Å². The molecule has 0 aliphatic heterocycles. The minimum atomic E-state index is -0.854. The Kier molecular flexibility index (Phi) is 3.61. The molecule has 0 unspecified atom stereocenters. The average Bonchev–Trinajstić information content (AvgIpc) is 2.73. The van der Waals surface area contributed by atoms with Gasteiger partial charge in [0.1, 0.15) is 0 Å². The molecule has 19 heavy (non-hydrogen) atoms. The molecule has 4 N–H and O–H groups in total.